The van der Waals surface area contributed by atoms with Crippen LogP contribution in [0.25, 0.3) is 0 Å². The van der Waals surface area contributed by atoms with Gasteiger partial charge in [-0.3, -0.25) is 4.79 Å². The van der Waals surface area contributed by atoms with E-state index in [0.717, 1.165) is 31.3 Å². The van der Waals surface area contributed by atoms with Crippen LogP contribution in [0.1, 0.15) is 39.0 Å². The molecular formula is C9H14O. The first-order chi connectivity index (χ1) is 4.84. The summed E-state index contributed by atoms with van der Waals surface area (Å²) < 4.78 is 0. The van der Waals surface area contributed by atoms with Gasteiger partial charge >= 0.3 is 0 Å². The molecule has 0 aliphatic heterocycles. The summed E-state index contributed by atoms with van der Waals surface area (Å²) in [5, 5.41) is 0. The fourth-order valence-corrected chi connectivity index (χ4v) is 1.36. The molecule has 0 heterocycles. The molecule has 0 N–H and O–H groups in total. The highest BCUT2D eigenvalue weighted by Crippen LogP contribution is 2.19. The molecule has 0 aromatic heterocycles. The number of carbonyl (C=O) groups excluding carboxylic acids is 1. The van der Waals surface area contributed by atoms with Crippen LogP contribution in [0.4, 0.5) is 0 Å². The molecule has 1 fully saturated rings. The van der Waals surface area contributed by atoms with E-state index >= 15 is 0 Å². The molecule has 0 saturated heterocycles. The van der Waals surface area contributed by atoms with E-state index < -0.39 is 0 Å². The molecule has 56 valence electrons. The summed E-state index contributed by atoms with van der Waals surface area (Å²) in [6.45, 7) is 2.08. The van der Waals surface area contributed by atoms with Gasteiger partial charge in [-0.1, -0.05) is 13.0 Å². The van der Waals surface area contributed by atoms with Crippen LogP contribution in [0, 0.1) is 0 Å². The van der Waals surface area contributed by atoms with E-state index in [0.29, 0.717) is 5.78 Å². The van der Waals surface area contributed by atoms with Crippen molar-refractivity contribution in [2.24, 2.45) is 0 Å². The molecule has 1 aliphatic rings. The second-order valence-electron chi connectivity index (χ2n) is 2.77. The average Bonchev–Trinajstić information content (AvgIpc) is 1.94. The van der Waals surface area contributed by atoms with Crippen molar-refractivity contribution in [1.82, 2.24) is 0 Å². The third-order valence-electron chi connectivity index (χ3n) is 1.91. The van der Waals surface area contributed by atoms with Crippen LogP contribution in [0.5, 0.6) is 0 Å². The van der Waals surface area contributed by atoms with Crippen LogP contribution in [0.3, 0.4) is 0 Å². The zero-order chi connectivity index (χ0) is 7.40. The lowest BCUT2D eigenvalue weighted by molar-refractivity contribution is -0.116. The maximum Gasteiger partial charge on any atom is 0.158 e. The van der Waals surface area contributed by atoms with Crippen molar-refractivity contribution in [3.05, 3.63) is 11.6 Å². The lowest BCUT2D eigenvalue weighted by Crippen LogP contribution is -2.07. The number of hydrogen-bond donors (Lipinski definition) is 0. The third-order valence-corrected chi connectivity index (χ3v) is 1.91. The van der Waals surface area contributed by atoms with Crippen molar-refractivity contribution in [2.45, 2.75) is 39.0 Å². The lowest BCUT2D eigenvalue weighted by atomic mass is 9.93. The third kappa shape index (κ3) is 1.69. The minimum Gasteiger partial charge on any atom is -0.295 e. The number of Topliss-reactive ketones (excluding diaryl/α,β-unsaturated/α-hetero) is 1. The van der Waals surface area contributed by atoms with E-state index in [1.54, 1.807) is 0 Å². The van der Waals surface area contributed by atoms with E-state index in [1.807, 2.05) is 0 Å². The van der Waals surface area contributed by atoms with Gasteiger partial charge in [0.05, 0.1) is 0 Å². The fourth-order valence-electron chi connectivity index (χ4n) is 1.36. The highest BCUT2D eigenvalue weighted by Gasteiger charge is 2.13. The predicted octanol–water partition coefficient (Wildman–Crippen LogP) is 2.47. The Hall–Kier alpha value is -0.590. The Morgan fingerprint density at radius 2 is 2.10 bits per heavy atom. The Morgan fingerprint density at radius 3 is 2.70 bits per heavy atom. The molecule has 0 unspecified atom stereocenters. The van der Waals surface area contributed by atoms with E-state index in [2.05, 4.69) is 13.0 Å². The summed E-state index contributed by atoms with van der Waals surface area (Å²) in [5.74, 6) is 0.383. The molecular weight excluding hydrogens is 124 g/mol. The number of allylic oxidation sites excluding steroid dienone is 2. The van der Waals surface area contributed by atoms with Gasteiger partial charge in [0.1, 0.15) is 0 Å². The zero-order valence-corrected chi connectivity index (χ0v) is 6.52. The van der Waals surface area contributed by atoms with E-state index in [9.17, 15) is 4.79 Å². The van der Waals surface area contributed by atoms with E-state index in [-0.39, 0.29) is 0 Å². The first-order valence-corrected chi connectivity index (χ1v) is 4.07. The predicted molar refractivity (Wildman–Crippen MR) is 41.8 cm³/mol. The largest absolute Gasteiger partial charge is 0.295 e. The number of hydrogen-bond acceptors (Lipinski definition) is 1. The van der Waals surface area contributed by atoms with Crippen LogP contribution in [-0.4, -0.2) is 5.78 Å². The van der Waals surface area contributed by atoms with Crippen molar-refractivity contribution < 1.29 is 4.79 Å². The maximum atomic E-state index is 11.1. The quantitative estimate of drug-likeness (QED) is 0.509. The van der Waals surface area contributed by atoms with Gasteiger partial charge in [-0.15, -0.1) is 0 Å². The summed E-state index contributed by atoms with van der Waals surface area (Å²) in [6.07, 6.45) is 7.18. The van der Waals surface area contributed by atoms with Crippen molar-refractivity contribution in [1.29, 1.82) is 0 Å². The molecule has 0 aromatic rings. The Kier molecular flexibility index (Phi) is 2.67. The molecule has 0 bridgehead atoms. The maximum absolute atomic E-state index is 11.1. The standard InChI is InChI=1S/C9H14O/c1-2-5-8-6-3-4-7-9(8)10/h5H,2-4,6-7H2,1H3/b8-5+. The average molecular weight is 138 g/mol. The van der Waals surface area contributed by atoms with Gasteiger partial charge in [0.2, 0.25) is 0 Å². The molecule has 1 nitrogen and oxygen atoms in total. The van der Waals surface area contributed by atoms with Gasteiger partial charge in [0.25, 0.3) is 0 Å². The second-order valence-corrected chi connectivity index (χ2v) is 2.77. The summed E-state index contributed by atoms with van der Waals surface area (Å²) in [7, 11) is 0. The summed E-state index contributed by atoms with van der Waals surface area (Å²) in [4.78, 5) is 11.1. The van der Waals surface area contributed by atoms with Gasteiger partial charge in [-0.05, 0) is 31.3 Å². The fraction of sp³-hybridized carbons (Fsp3) is 0.667. The Labute approximate surface area is 62.1 Å². The molecule has 0 radical (unpaired) electrons. The topological polar surface area (TPSA) is 17.1 Å². The Balaban J connectivity index is 2.56. The molecule has 0 spiro atoms. The van der Waals surface area contributed by atoms with Gasteiger partial charge < -0.3 is 0 Å². The van der Waals surface area contributed by atoms with E-state index in [4.69, 9.17) is 0 Å². The monoisotopic (exact) mass is 138 g/mol. The number of carbonyl (C=O) groups is 1. The summed E-state index contributed by atoms with van der Waals surface area (Å²) in [6, 6.07) is 0. The molecule has 1 aliphatic carbocycles. The van der Waals surface area contributed by atoms with Gasteiger partial charge in [0.15, 0.2) is 5.78 Å². The normalized spacial score (nSPS) is 23.7. The molecule has 0 amide bonds. The molecule has 1 saturated carbocycles. The molecule has 0 atom stereocenters. The number of rotatable bonds is 1. The van der Waals surface area contributed by atoms with Gasteiger partial charge in [0, 0.05) is 6.42 Å². The lowest BCUT2D eigenvalue weighted by Gasteiger charge is -2.11. The number of ketones is 1. The SMILES string of the molecule is CC/C=C1\CCCCC1=O. The molecule has 0 aromatic carbocycles. The first-order valence-electron chi connectivity index (χ1n) is 4.07. The van der Waals surface area contributed by atoms with Crippen LogP contribution < -0.4 is 0 Å². The Bertz CT molecular complexity index is 156. The summed E-state index contributed by atoms with van der Waals surface area (Å²) >= 11 is 0. The molecule has 10 heavy (non-hydrogen) atoms. The highest BCUT2D eigenvalue weighted by molar-refractivity contribution is 5.95. The van der Waals surface area contributed by atoms with E-state index in [1.165, 1.54) is 6.42 Å². The van der Waals surface area contributed by atoms with Crippen LogP contribution in [-0.2, 0) is 4.79 Å². The molecule has 1 heteroatoms. The van der Waals surface area contributed by atoms with Crippen molar-refractivity contribution in [3.63, 3.8) is 0 Å². The van der Waals surface area contributed by atoms with Crippen LogP contribution in [0.15, 0.2) is 11.6 Å². The second kappa shape index (κ2) is 3.55. The van der Waals surface area contributed by atoms with Crippen molar-refractivity contribution in [3.8, 4) is 0 Å². The smallest absolute Gasteiger partial charge is 0.158 e. The van der Waals surface area contributed by atoms with Crippen LogP contribution >= 0.6 is 0 Å². The van der Waals surface area contributed by atoms with Crippen molar-refractivity contribution >= 4 is 5.78 Å². The van der Waals surface area contributed by atoms with Gasteiger partial charge in [-0.2, -0.15) is 0 Å². The zero-order valence-electron chi connectivity index (χ0n) is 6.52. The highest BCUT2D eigenvalue weighted by atomic mass is 16.1. The summed E-state index contributed by atoms with van der Waals surface area (Å²) in [5.41, 5.74) is 1.08. The minimum absolute atomic E-state index is 0.383. The minimum atomic E-state index is 0.383. The first kappa shape index (κ1) is 7.52. The van der Waals surface area contributed by atoms with Gasteiger partial charge in [-0.25, -0.2) is 0 Å². The van der Waals surface area contributed by atoms with Crippen LogP contribution in [0.2, 0.25) is 0 Å². The molecule has 1 rings (SSSR count). The van der Waals surface area contributed by atoms with Crippen molar-refractivity contribution in [2.75, 3.05) is 0 Å². The Morgan fingerprint density at radius 1 is 1.40 bits per heavy atom.